The van der Waals surface area contributed by atoms with Gasteiger partial charge in [0.25, 0.3) is 5.91 Å². The fraction of sp³-hybridized carbons (Fsp3) is 0.0800. The lowest BCUT2D eigenvalue weighted by Gasteiger charge is -2.27. The monoisotopic (exact) mass is 512 g/mol. The Morgan fingerprint density at radius 3 is 2.62 bits per heavy atom. The van der Waals surface area contributed by atoms with E-state index in [1.165, 1.54) is 11.0 Å². The van der Waals surface area contributed by atoms with E-state index in [-0.39, 0.29) is 22.9 Å². The number of aromatic nitrogens is 1. The van der Waals surface area contributed by atoms with Gasteiger partial charge in [0.05, 0.1) is 21.7 Å². The predicted octanol–water partition coefficient (Wildman–Crippen LogP) is 6.57. The summed E-state index contributed by atoms with van der Waals surface area (Å²) in [6.45, 7) is 0.105. The SMILES string of the molecule is O=C(C1=C(O)C(=O)N(Cc2cccnc2)C1c1ccc(Cl)c(Cl)c1)c1cc2cc(Cl)ccc2o1. The van der Waals surface area contributed by atoms with Crippen LogP contribution >= 0.6 is 34.8 Å². The van der Waals surface area contributed by atoms with E-state index >= 15 is 0 Å². The smallest absolute Gasteiger partial charge is 0.290 e. The van der Waals surface area contributed by atoms with Crippen molar-refractivity contribution >= 4 is 57.5 Å². The third-order valence-corrected chi connectivity index (χ3v) is 6.56. The molecule has 0 spiro atoms. The molecular formula is C25H15Cl3N2O4. The molecule has 3 heterocycles. The maximum absolute atomic E-state index is 13.6. The molecule has 0 radical (unpaired) electrons. The van der Waals surface area contributed by atoms with E-state index < -0.39 is 23.5 Å². The largest absolute Gasteiger partial charge is 0.503 e. The summed E-state index contributed by atoms with van der Waals surface area (Å²) in [6, 6.07) is 13.9. The van der Waals surface area contributed by atoms with E-state index in [2.05, 4.69) is 4.98 Å². The summed E-state index contributed by atoms with van der Waals surface area (Å²) >= 11 is 18.4. The lowest BCUT2D eigenvalue weighted by molar-refractivity contribution is -0.130. The second-order valence-corrected chi connectivity index (χ2v) is 9.01. The van der Waals surface area contributed by atoms with Gasteiger partial charge in [-0.15, -0.1) is 0 Å². The van der Waals surface area contributed by atoms with Crippen molar-refractivity contribution < 1.29 is 19.1 Å². The van der Waals surface area contributed by atoms with Gasteiger partial charge in [-0.2, -0.15) is 0 Å². The molecule has 1 N–H and O–H groups in total. The highest BCUT2D eigenvalue weighted by Gasteiger charge is 2.44. The number of furan rings is 1. The Hall–Kier alpha value is -3.32. The molecule has 0 fully saturated rings. The number of pyridine rings is 1. The fourth-order valence-corrected chi connectivity index (χ4v) is 4.51. The Kier molecular flexibility index (Phi) is 5.81. The standard InChI is InChI=1S/C25H15Cl3N2O4/c26-16-4-6-19-15(8-16)10-20(34-19)23(31)21-22(14-3-5-17(27)18(28)9-14)30(25(33)24(21)32)12-13-2-1-7-29-11-13/h1-11,22,32H,12H2. The van der Waals surface area contributed by atoms with Crippen LogP contribution in [-0.4, -0.2) is 26.7 Å². The van der Waals surface area contributed by atoms with Gasteiger partial charge in [0, 0.05) is 29.3 Å². The normalized spacial score (nSPS) is 16.0. The number of aliphatic hydroxyl groups excluding tert-OH is 1. The van der Waals surface area contributed by atoms with Crippen molar-refractivity contribution in [2.75, 3.05) is 0 Å². The zero-order chi connectivity index (χ0) is 24.0. The minimum Gasteiger partial charge on any atom is -0.503 e. The van der Waals surface area contributed by atoms with E-state index in [1.54, 1.807) is 60.9 Å². The molecule has 2 aromatic heterocycles. The summed E-state index contributed by atoms with van der Waals surface area (Å²) in [5.74, 6) is -1.99. The molecule has 1 aliphatic heterocycles. The Labute approximate surface area is 209 Å². The number of aliphatic hydroxyl groups is 1. The summed E-state index contributed by atoms with van der Waals surface area (Å²) in [6.07, 6.45) is 3.23. The minimum absolute atomic E-state index is 0.0279. The van der Waals surface area contributed by atoms with E-state index in [0.29, 0.717) is 26.6 Å². The topological polar surface area (TPSA) is 83.6 Å². The number of hydrogen-bond acceptors (Lipinski definition) is 5. The van der Waals surface area contributed by atoms with E-state index in [4.69, 9.17) is 39.2 Å². The molecule has 34 heavy (non-hydrogen) atoms. The molecule has 2 aromatic carbocycles. The molecule has 1 amide bonds. The minimum atomic E-state index is -0.924. The van der Waals surface area contributed by atoms with Gasteiger partial charge in [0.1, 0.15) is 5.58 Å². The van der Waals surface area contributed by atoms with E-state index in [9.17, 15) is 14.7 Å². The number of nitrogens with zero attached hydrogens (tertiary/aromatic N) is 2. The van der Waals surface area contributed by atoms with Crippen LogP contribution in [0.4, 0.5) is 0 Å². The van der Waals surface area contributed by atoms with Crippen LogP contribution < -0.4 is 0 Å². The molecule has 170 valence electrons. The number of benzene rings is 2. The molecule has 1 unspecified atom stereocenters. The Morgan fingerprint density at radius 1 is 1.06 bits per heavy atom. The van der Waals surface area contributed by atoms with Crippen LogP contribution in [-0.2, 0) is 11.3 Å². The van der Waals surface area contributed by atoms with Crippen LogP contribution in [0.1, 0.15) is 27.7 Å². The summed E-state index contributed by atoms with van der Waals surface area (Å²) in [5.41, 5.74) is 1.58. The first-order valence-corrected chi connectivity index (χ1v) is 11.3. The van der Waals surface area contributed by atoms with Gasteiger partial charge in [0.2, 0.25) is 5.78 Å². The highest BCUT2D eigenvalue weighted by molar-refractivity contribution is 6.42. The Balaban J connectivity index is 1.62. The van der Waals surface area contributed by atoms with Gasteiger partial charge in [-0.1, -0.05) is 46.9 Å². The third kappa shape index (κ3) is 3.94. The zero-order valence-corrected chi connectivity index (χ0v) is 19.6. The first-order valence-electron chi connectivity index (χ1n) is 10.1. The molecule has 9 heteroatoms. The van der Waals surface area contributed by atoms with Crippen molar-refractivity contribution in [2.45, 2.75) is 12.6 Å². The first kappa shape index (κ1) is 22.5. The fourth-order valence-electron chi connectivity index (χ4n) is 4.02. The number of carbonyl (C=O) groups excluding carboxylic acids is 2. The Morgan fingerprint density at radius 2 is 1.88 bits per heavy atom. The molecule has 6 nitrogen and oxygen atoms in total. The average Bonchev–Trinajstić information content (AvgIpc) is 3.35. The van der Waals surface area contributed by atoms with Crippen molar-refractivity contribution in [3.05, 3.63) is 110 Å². The highest BCUT2D eigenvalue weighted by Crippen LogP contribution is 2.42. The second-order valence-electron chi connectivity index (χ2n) is 7.75. The number of hydrogen-bond donors (Lipinski definition) is 1. The summed E-state index contributed by atoms with van der Waals surface area (Å²) in [5, 5.41) is 12.5. The van der Waals surface area contributed by atoms with Crippen LogP contribution in [0.5, 0.6) is 0 Å². The van der Waals surface area contributed by atoms with Gasteiger partial charge >= 0.3 is 0 Å². The van der Waals surface area contributed by atoms with Crippen molar-refractivity contribution in [3.8, 4) is 0 Å². The maximum Gasteiger partial charge on any atom is 0.290 e. The lowest BCUT2D eigenvalue weighted by Crippen LogP contribution is -2.30. The number of rotatable bonds is 5. The van der Waals surface area contributed by atoms with Crippen molar-refractivity contribution in [1.29, 1.82) is 0 Å². The maximum atomic E-state index is 13.6. The van der Waals surface area contributed by atoms with Crippen molar-refractivity contribution in [2.24, 2.45) is 0 Å². The number of carbonyl (C=O) groups is 2. The molecule has 5 rings (SSSR count). The molecule has 0 saturated carbocycles. The number of amides is 1. The van der Waals surface area contributed by atoms with Crippen LogP contribution in [0.3, 0.4) is 0 Å². The molecule has 1 aliphatic rings. The molecule has 1 atom stereocenters. The van der Waals surface area contributed by atoms with E-state index in [1.807, 2.05) is 0 Å². The summed E-state index contributed by atoms with van der Waals surface area (Å²) in [7, 11) is 0. The molecular weight excluding hydrogens is 499 g/mol. The quantitative estimate of drug-likeness (QED) is 0.305. The van der Waals surface area contributed by atoms with Crippen LogP contribution in [0.15, 0.2) is 82.7 Å². The molecule has 0 aliphatic carbocycles. The van der Waals surface area contributed by atoms with Crippen LogP contribution in [0.2, 0.25) is 15.1 Å². The van der Waals surface area contributed by atoms with Crippen molar-refractivity contribution in [3.63, 3.8) is 0 Å². The second kappa shape index (κ2) is 8.80. The van der Waals surface area contributed by atoms with Gasteiger partial charge in [-0.25, -0.2) is 0 Å². The molecule has 4 aromatic rings. The van der Waals surface area contributed by atoms with Gasteiger partial charge in [-0.3, -0.25) is 14.6 Å². The number of ketones is 1. The van der Waals surface area contributed by atoms with Crippen LogP contribution in [0.25, 0.3) is 11.0 Å². The number of fused-ring (bicyclic) bond motifs is 1. The Bertz CT molecular complexity index is 1480. The van der Waals surface area contributed by atoms with Gasteiger partial charge in [0.15, 0.2) is 11.5 Å². The third-order valence-electron chi connectivity index (χ3n) is 5.59. The highest BCUT2D eigenvalue weighted by atomic mass is 35.5. The summed E-state index contributed by atoms with van der Waals surface area (Å²) < 4.78 is 5.72. The van der Waals surface area contributed by atoms with Crippen molar-refractivity contribution in [1.82, 2.24) is 9.88 Å². The number of halogens is 3. The molecule has 0 bridgehead atoms. The summed E-state index contributed by atoms with van der Waals surface area (Å²) in [4.78, 5) is 32.2. The van der Waals surface area contributed by atoms with Gasteiger partial charge in [-0.05, 0) is 53.6 Å². The predicted molar refractivity (Wildman–Crippen MR) is 129 cm³/mol. The van der Waals surface area contributed by atoms with Crippen LogP contribution in [0, 0.1) is 0 Å². The molecule has 0 saturated heterocycles. The van der Waals surface area contributed by atoms with Gasteiger partial charge < -0.3 is 14.4 Å². The van der Waals surface area contributed by atoms with E-state index in [0.717, 1.165) is 5.56 Å². The average molecular weight is 514 g/mol. The number of Topliss-reactive ketones (excluding diaryl/α,β-unsaturated/α-hetero) is 1. The lowest BCUT2D eigenvalue weighted by atomic mass is 9.95. The first-order chi connectivity index (χ1) is 16.3. The zero-order valence-electron chi connectivity index (χ0n) is 17.3.